The quantitative estimate of drug-likeness (QED) is 0.454. The van der Waals surface area contributed by atoms with Gasteiger partial charge >= 0.3 is 0 Å². The highest BCUT2D eigenvalue weighted by Gasteiger charge is 2.15. The molecule has 0 amide bonds. The van der Waals surface area contributed by atoms with Crippen molar-refractivity contribution in [3.63, 3.8) is 0 Å². The van der Waals surface area contributed by atoms with Crippen LogP contribution in [0, 0.1) is 0 Å². The number of rotatable bonds is 8. The maximum atomic E-state index is 6.04. The summed E-state index contributed by atoms with van der Waals surface area (Å²) >= 11 is 3.46. The summed E-state index contributed by atoms with van der Waals surface area (Å²) in [6.07, 6.45) is 1.94. The van der Waals surface area contributed by atoms with E-state index in [0.29, 0.717) is 0 Å². The third-order valence-electron chi connectivity index (χ3n) is 3.23. The van der Waals surface area contributed by atoms with Gasteiger partial charge in [-0.2, -0.15) is 0 Å². The van der Waals surface area contributed by atoms with Crippen molar-refractivity contribution in [1.82, 2.24) is 0 Å². The van der Waals surface area contributed by atoms with E-state index in [2.05, 4.69) is 28.1 Å². The van der Waals surface area contributed by atoms with Crippen molar-refractivity contribution in [3.8, 4) is 5.75 Å². The van der Waals surface area contributed by atoms with Crippen LogP contribution < -0.4 is 4.74 Å². The predicted molar refractivity (Wildman–Crippen MR) is 94.6 cm³/mol. The Kier molecular flexibility index (Phi) is 6.94. The number of halogens is 1. The summed E-state index contributed by atoms with van der Waals surface area (Å²) in [5, 5.41) is 1.03. The third kappa shape index (κ3) is 5.47. The molecule has 0 aliphatic heterocycles. The molecule has 0 aliphatic rings. The van der Waals surface area contributed by atoms with Crippen LogP contribution in [0.4, 0.5) is 0 Å². The van der Waals surface area contributed by atoms with Crippen LogP contribution in [0.3, 0.4) is 0 Å². The van der Waals surface area contributed by atoms with Crippen LogP contribution in [0.5, 0.6) is 5.75 Å². The molecule has 2 rings (SSSR count). The first-order valence-electron chi connectivity index (χ1n) is 7.71. The van der Waals surface area contributed by atoms with Gasteiger partial charge < -0.3 is 9.47 Å². The fourth-order valence-electron chi connectivity index (χ4n) is 2.16. The van der Waals surface area contributed by atoms with Crippen LogP contribution in [0.2, 0.25) is 0 Å². The van der Waals surface area contributed by atoms with E-state index in [9.17, 15) is 0 Å². The predicted octanol–water partition coefficient (Wildman–Crippen LogP) is 5.52. The maximum absolute atomic E-state index is 6.04. The molecule has 0 saturated carbocycles. The van der Waals surface area contributed by atoms with Gasteiger partial charge in [-0.1, -0.05) is 58.4 Å². The second-order valence-corrected chi connectivity index (χ2v) is 6.27. The van der Waals surface area contributed by atoms with Crippen molar-refractivity contribution in [2.45, 2.75) is 39.1 Å². The van der Waals surface area contributed by atoms with Crippen molar-refractivity contribution in [3.05, 3.63) is 65.7 Å². The van der Waals surface area contributed by atoms with Crippen LogP contribution in [0.25, 0.3) is 0 Å². The van der Waals surface area contributed by atoms with Crippen LogP contribution >= 0.6 is 15.9 Å². The van der Waals surface area contributed by atoms with Gasteiger partial charge in [-0.15, -0.1) is 0 Å². The van der Waals surface area contributed by atoms with Crippen molar-refractivity contribution >= 4 is 15.9 Å². The molecule has 1 atom stereocenters. The van der Waals surface area contributed by atoms with Crippen LogP contribution in [-0.4, -0.2) is 11.4 Å². The summed E-state index contributed by atoms with van der Waals surface area (Å²) in [6.45, 7) is 4.03. The molecule has 2 nitrogen and oxygen atoms in total. The van der Waals surface area contributed by atoms with Crippen molar-refractivity contribution in [2.24, 2.45) is 0 Å². The van der Waals surface area contributed by atoms with Gasteiger partial charge in [-0.3, -0.25) is 0 Å². The molecule has 0 aromatic heterocycles. The number of ether oxygens (including phenoxy) is 2. The molecule has 0 unspecified atom stereocenters. The lowest BCUT2D eigenvalue weighted by molar-refractivity contribution is -0.111. The smallest absolute Gasteiger partial charge is 0.226 e. The minimum Gasteiger partial charge on any atom is -0.461 e. The summed E-state index contributed by atoms with van der Waals surface area (Å²) in [4.78, 5) is 0. The number of aryl methyl sites for hydroxylation is 1. The first-order valence-corrected chi connectivity index (χ1v) is 8.83. The molecule has 22 heavy (non-hydrogen) atoms. The second kappa shape index (κ2) is 8.96. The topological polar surface area (TPSA) is 18.5 Å². The molecule has 2 aromatic rings. The number of hydrogen-bond donors (Lipinski definition) is 0. The van der Waals surface area contributed by atoms with E-state index in [1.165, 1.54) is 5.56 Å². The van der Waals surface area contributed by atoms with Gasteiger partial charge in [-0.05, 0) is 44.4 Å². The zero-order chi connectivity index (χ0) is 15.8. The molecule has 0 spiro atoms. The van der Waals surface area contributed by atoms with Crippen LogP contribution in [0.15, 0.2) is 54.6 Å². The average Bonchev–Trinajstić information content (AvgIpc) is 2.54. The molecule has 0 radical (unpaired) electrons. The maximum Gasteiger partial charge on any atom is 0.226 e. The Morgan fingerprint density at radius 3 is 2.23 bits per heavy atom. The molecule has 0 aliphatic carbocycles. The molecular formula is C19H23BrO2. The van der Waals surface area contributed by atoms with Gasteiger partial charge in [0.15, 0.2) is 0 Å². The van der Waals surface area contributed by atoms with Gasteiger partial charge in [0.25, 0.3) is 0 Å². The highest BCUT2D eigenvalue weighted by atomic mass is 79.9. The van der Waals surface area contributed by atoms with Gasteiger partial charge in [0.05, 0.1) is 6.10 Å². The Hall–Kier alpha value is -1.32. The zero-order valence-corrected chi connectivity index (χ0v) is 14.8. The largest absolute Gasteiger partial charge is 0.461 e. The van der Waals surface area contributed by atoms with E-state index in [4.69, 9.17) is 9.47 Å². The van der Waals surface area contributed by atoms with E-state index in [0.717, 1.165) is 29.5 Å². The minimum atomic E-state index is -0.380. The zero-order valence-electron chi connectivity index (χ0n) is 13.2. The number of alkyl halides is 1. The lowest BCUT2D eigenvalue weighted by atomic mass is 10.1. The fourth-order valence-corrected chi connectivity index (χ4v) is 2.44. The Morgan fingerprint density at radius 1 is 0.955 bits per heavy atom. The minimum absolute atomic E-state index is 0.100. The molecule has 0 saturated heterocycles. The SMILES string of the molecule is CC(C)O[C@@H](Oc1ccc(CCCBr)cc1)c1ccccc1. The Bertz CT molecular complexity index is 537. The first-order chi connectivity index (χ1) is 10.7. The summed E-state index contributed by atoms with van der Waals surface area (Å²) in [6, 6.07) is 18.3. The van der Waals surface area contributed by atoms with E-state index in [1.54, 1.807) is 0 Å². The molecule has 3 heteroatoms. The van der Waals surface area contributed by atoms with Gasteiger partial charge in [-0.25, -0.2) is 0 Å². The van der Waals surface area contributed by atoms with Crippen LogP contribution in [-0.2, 0) is 11.2 Å². The fraction of sp³-hybridized carbons (Fsp3) is 0.368. The highest BCUT2D eigenvalue weighted by Crippen LogP contribution is 2.25. The summed E-state index contributed by atoms with van der Waals surface area (Å²) in [5.41, 5.74) is 2.35. The molecule has 0 heterocycles. The Balaban J connectivity index is 2.06. The molecule has 118 valence electrons. The third-order valence-corrected chi connectivity index (χ3v) is 3.79. The van der Waals surface area contributed by atoms with Crippen molar-refractivity contribution in [2.75, 3.05) is 5.33 Å². The standard InChI is InChI=1S/C19H23BrO2/c1-15(2)21-19(17-8-4-3-5-9-17)22-18-12-10-16(11-13-18)7-6-14-20/h3-5,8-13,15,19H,6-7,14H2,1-2H3/t19-/m0/s1. The van der Waals surface area contributed by atoms with Gasteiger partial charge in [0, 0.05) is 10.9 Å². The lowest BCUT2D eigenvalue weighted by Crippen LogP contribution is -2.16. The summed E-state index contributed by atoms with van der Waals surface area (Å²) in [5.74, 6) is 0.831. The monoisotopic (exact) mass is 362 g/mol. The Morgan fingerprint density at radius 2 is 1.64 bits per heavy atom. The summed E-state index contributed by atoms with van der Waals surface area (Å²) in [7, 11) is 0. The summed E-state index contributed by atoms with van der Waals surface area (Å²) < 4.78 is 11.9. The molecule has 2 aromatic carbocycles. The molecular weight excluding hydrogens is 340 g/mol. The van der Waals surface area contributed by atoms with Crippen molar-refractivity contribution in [1.29, 1.82) is 0 Å². The van der Waals surface area contributed by atoms with E-state index in [1.807, 2.05) is 56.3 Å². The number of benzene rings is 2. The number of hydrogen-bond acceptors (Lipinski definition) is 2. The van der Waals surface area contributed by atoms with E-state index >= 15 is 0 Å². The molecule has 0 N–H and O–H groups in total. The van der Waals surface area contributed by atoms with E-state index in [-0.39, 0.29) is 12.4 Å². The van der Waals surface area contributed by atoms with Crippen LogP contribution in [0.1, 0.15) is 37.7 Å². The van der Waals surface area contributed by atoms with E-state index < -0.39 is 0 Å². The molecule has 0 bridgehead atoms. The molecule has 0 fully saturated rings. The first kappa shape index (κ1) is 17.0. The highest BCUT2D eigenvalue weighted by molar-refractivity contribution is 9.09. The lowest BCUT2D eigenvalue weighted by Gasteiger charge is -2.22. The second-order valence-electron chi connectivity index (χ2n) is 5.48. The van der Waals surface area contributed by atoms with Gasteiger partial charge in [0.2, 0.25) is 6.29 Å². The average molecular weight is 363 g/mol. The van der Waals surface area contributed by atoms with Crippen molar-refractivity contribution < 1.29 is 9.47 Å². The van der Waals surface area contributed by atoms with Gasteiger partial charge in [0.1, 0.15) is 5.75 Å². The normalized spacial score (nSPS) is 12.4. The Labute approximate surface area is 141 Å².